The van der Waals surface area contributed by atoms with E-state index in [0.29, 0.717) is 16.3 Å². The molecule has 2 heterocycles. The van der Waals surface area contributed by atoms with Crippen LogP contribution in [0.3, 0.4) is 0 Å². The van der Waals surface area contributed by atoms with Gasteiger partial charge in [0, 0.05) is 32.7 Å². The van der Waals surface area contributed by atoms with Crippen LogP contribution >= 0.6 is 11.6 Å². The average Bonchev–Trinajstić information content (AvgIpc) is 2.18. The summed E-state index contributed by atoms with van der Waals surface area (Å²) in [6, 6.07) is 0. The van der Waals surface area contributed by atoms with Gasteiger partial charge in [0.05, 0.1) is 17.1 Å². The molecule has 16 heavy (non-hydrogen) atoms. The number of aliphatic imine (C=N–C) groups is 1. The minimum absolute atomic E-state index is 0. The molecule has 4 nitrogen and oxygen atoms in total. The van der Waals surface area contributed by atoms with Crippen LogP contribution < -0.4 is 5.43 Å². The van der Waals surface area contributed by atoms with Crippen molar-refractivity contribution in [2.45, 2.75) is 0 Å². The van der Waals surface area contributed by atoms with E-state index in [1.807, 2.05) is 0 Å². The molecule has 0 aromatic carbocycles. The van der Waals surface area contributed by atoms with E-state index < -0.39 is 0 Å². The van der Waals surface area contributed by atoms with Gasteiger partial charge in [-0.3, -0.25) is 10.4 Å². The molecule has 0 atom stereocenters. The third-order valence-electron chi connectivity index (χ3n) is 1.70. The van der Waals surface area contributed by atoms with Crippen LogP contribution in [0, 0.1) is 18.9 Å². The summed E-state index contributed by atoms with van der Waals surface area (Å²) in [4.78, 5) is 3.81. The maximum absolute atomic E-state index is 7.56. The number of allylic oxidation sites excluding steroid dienone is 3. The van der Waals surface area contributed by atoms with Crippen LogP contribution in [0.4, 0.5) is 0 Å². The van der Waals surface area contributed by atoms with E-state index >= 15 is 0 Å². The van der Waals surface area contributed by atoms with E-state index in [1.54, 1.807) is 12.2 Å². The molecule has 0 saturated carbocycles. The molecule has 6 heteroatoms. The van der Waals surface area contributed by atoms with Gasteiger partial charge in [-0.25, -0.2) is 12.2 Å². The first-order valence-corrected chi connectivity index (χ1v) is 4.26. The zero-order valence-electron chi connectivity index (χ0n) is 8.66. The van der Waals surface area contributed by atoms with Crippen molar-refractivity contribution in [1.82, 2.24) is 5.43 Å². The molecule has 0 amide bonds. The first-order chi connectivity index (χ1) is 6.77. The number of nitrogens with zero attached hydrogens (tertiary/aromatic N) is 2. The fourth-order valence-corrected chi connectivity index (χ4v) is 1.23. The van der Waals surface area contributed by atoms with Crippen LogP contribution in [0.25, 0.3) is 0 Å². The molecule has 2 aliphatic rings. The fourth-order valence-electron chi connectivity index (χ4n) is 1.07. The van der Waals surface area contributed by atoms with Crippen LogP contribution in [0.5, 0.6) is 0 Å². The van der Waals surface area contributed by atoms with Crippen molar-refractivity contribution in [3.8, 4) is 0 Å². The molecule has 2 aliphatic heterocycles. The second-order valence-electron chi connectivity index (χ2n) is 2.64. The molecule has 0 aromatic heterocycles. The Balaban J connectivity index is 0.00000112. The normalized spacial score (nSPS) is 21.8. The molecule has 1 radical (unpaired) electrons. The van der Waals surface area contributed by atoms with Crippen molar-refractivity contribution in [3.05, 3.63) is 42.0 Å². The molecule has 2 rings (SSSR count). The van der Waals surface area contributed by atoms with Crippen molar-refractivity contribution < 1.29 is 32.7 Å². The molecule has 81 valence electrons. The molecule has 0 spiro atoms. The van der Waals surface area contributed by atoms with Gasteiger partial charge in [-0.05, 0) is 11.8 Å². The second-order valence-corrected chi connectivity index (χ2v) is 3.08. The van der Waals surface area contributed by atoms with E-state index in [-0.39, 0.29) is 46.0 Å². The molecular weight excluding hydrogens is 300 g/mol. The topological polar surface area (TPSA) is 60.6 Å². The minimum Gasteiger partial charge on any atom is -0.358 e. The van der Waals surface area contributed by atoms with E-state index in [0.717, 1.165) is 0 Å². The average molecular weight is 310 g/mol. The molecule has 0 bridgehead atoms. The van der Waals surface area contributed by atoms with Gasteiger partial charge in [0.25, 0.3) is 0 Å². The monoisotopic (exact) mass is 309 g/mol. The van der Waals surface area contributed by atoms with E-state index in [1.165, 1.54) is 12.4 Å². The second kappa shape index (κ2) is 6.89. The standard InChI is InChI=1S/C9H6ClN4.CH3.Y/c10-6-4-8(14-13-5-6)7-2-1-3-12-9(7)11;;/h2-5,11,14H;1H3;/q2*-1;/b8-7+,11-9?;;. The van der Waals surface area contributed by atoms with Gasteiger partial charge in [-0.1, -0.05) is 17.8 Å². The smallest absolute Gasteiger partial charge is 0.0694 e. The van der Waals surface area contributed by atoms with Crippen molar-refractivity contribution in [1.29, 1.82) is 5.41 Å². The predicted molar refractivity (Wildman–Crippen MR) is 63.0 cm³/mol. The van der Waals surface area contributed by atoms with Crippen molar-refractivity contribution >= 4 is 29.9 Å². The van der Waals surface area contributed by atoms with Gasteiger partial charge in [-0.2, -0.15) is 5.10 Å². The zero-order valence-corrected chi connectivity index (χ0v) is 12.3. The summed E-state index contributed by atoms with van der Waals surface area (Å²) in [6.07, 6.45) is 9.10. The molecule has 0 aliphatic carbocycles. The first kappa shape index (κ1) is 15.4. The summed E-state index contributed by atoms with van der Waals surface area (Å²) in [5, 5.41) is 11.9. The molecule has 0 saturated heterocycles. The number of hydrogen-bond donors (Lipinski definition) is 2. The number of rotatable bonds is 0. The van der Waals surface area contributed by atoms with E-state index in [9.17, 15) is 0 Å². The number of nitrogens with one attached hydrogen (secondary N) is 2. The molecular formula is C10H9ClN4Y-2. The Labute approximate surface area is 125 Å². The summed E-state index contributed by atoms with van der Waals surface area (Å²) in [5.74, 6) is 0.170. The summed E-state index contributed by atoms with van der Waals surface area (Å²) in [7, 11) is 0. The Hall–Kier alpha value is -0.576. The van der Waals surface area contributed by atoms with Crippen LogP contribution in [-0.4, -0.2) is 18.3 Å². The number of hydrogen-bond acceptors (Lipinski definition) is 3. The Kier molecular flexibility index (Phi) is 6.64. The van der Waals surface area contributed by atoms with Gasteiger partial charge in [0.15, 0.2) is 0 Å². The maximum Gasteiger partial charge on any atom is 0.0694 e. The van der Waals surface area contributed by atoms with E-state index in [4.69, 9.17) is 17.0 Å². The number of halogens is 1. The number of amidine groups is 1. The first-order valence-electron chi connectivity index (χ1n) is 3.88. The van der Waals surface area contributed by atoms with Gasteiger partial charge in [-0.15, -0.1) is 5.57 Å². The van der Waals surface area contributed by atoms with Crippen LogP contribution in [0.1, 0.15) is 0 Å². The largest absolute Gasteiger partial charge is 0.358 e. The zero-order chi connectivity index (χ0) is 9.97. The van der Waals surface area contributed by atoms with Crippen LogP contribution in [0.2, 0.25) is 0 Å². The van der Waals surface area contributed by atoms with Crippen LogP contribution in [0.15, 0.2) is 38.5 Å². The fraction of sp³-hybridized carbons (Fsp3) is 0. The quantitative estimate of drug-likeness (QED) is 0.659. The number of hydrazone groups is 1. The Morgan fingerprint density at radius 3 is 2.81 bits per heavy atom. The predicted octanol–water partition coefficient (Wildman–Crippen LogP) is 1.82. The van der Waals surface area contributed by atoms with Crippen LogP contribution in [-0.2, 0) is 32.7 Å². The Bertz CT molecular complexity index is 432. The molecule has 2 N–H and O–H groups in total. The van der Waals surface area contributed by atoms with Crippen molar-refractivity contribution in [2.75, 3.05) is 0 Å². The van der Waals surface area contributed by atoms with Crippen molar-refractivity contribution in [2.24, 2.45) is 10.1 Å². The minimum atomic E-state index is 0. The number of dihydropyridines is 1. The van der Waals surface area contributed by atoms with Gasteiger partial charge < -0.3 is 12.8 Å². The Morgan fingerprint density at radius 2 is 2.19 bits per heavy atom. The van der Waals surface area contributed by atoms with Gasteiger partial charge in [0.1, 0.15) is 0 Å². The molecule has 0 unspecified atom stereocenters. The molecule has 0 aromatic rings. The third-order valence-corrected chi connectivity index (χ3v) is 1.90. The van der Waals surface area contributed by atoms with Gasteiger partial charge in [0.2, 0.25) is 0 Å². The van der Waals surface area contributed by atoms with Crippen molar-refractivity contribution in [3.63, 3.8) is 0 Å². The summed E-state index contributed by atoms with van der Waals surface area (Å²) >= 11 is 5.77. The third kappa shape index (κ3) is 3.47. The van der Waals surface area contributed by atoms with Gasteiger partial charge >= 0.3 is 0 Å². The van der Waals surface area contributed by atoms with E-state index in [2.05, 4.69) is 21.6 Å². The SMILES string of the molecule is N=C1N=C[C-]=C/C1=C1/C=C(Cl)C=NN1.[CH3-].[Y]. The molecule has 0 fully saturated rings. The maximum atomic E-state index is 7.56. The Morgan fingerprint density at radius 1 is 1.44 bits per heavy atom. The summed E-state index contributed by atoms with van der Waals surface area (Å²) < 4.78 is 0. The summed E-state index contributed by atoms with van der Waals surface area (Å²) in [6.45, 7) is 0. The summed E-state index contributed by atoms with van der Waals surface area (Å²) in [5.41, 5.74) is 4.04.